The Kier molecular flexibility index (Phi) is 5.91. The number of rotatable bonds is 4. The van der Waals surface area contributed by atoms with E-state index in [0.717, 1.165) is 25.7 Å². The molecular formula is C12H22N2O4. The number of aliphatic carboxylic acids is 1. The van der Waals surface area contributed by atoms with Gasteiger partial charge in [-0.3, -0.25) is 4.79 Å². The second-order valence-electron chi connectivity index (χ2n) is 4.67. The molecule has 104 valence electrons. The van der Waals surface area contributed by atoms with Crippen molar-refractivity contribution in [3.63, 3.8) is 0 Å². The maximum absolute atomic E-state index is 11.9. The summed E-state index contributed by atoms with van der Waals surface area (Å²) < 4.78 is 0. The Balaban J connectivity index is 2.52. The molecule has 3 N–H and O–H groups in total. The summed E-state index contributed by atoms with van der Waals surface area (Å²) in [5, 5.41) is 21.3. The number of amides is 2. The van der Waals surface area contributed by atoms with Gasteiger partial charge in [0.25, 0.3) is 0 Å². The van der Waals surface area contributed by atoms with E-state index < -0.39 is 18.1 Å². The van der Waals surface area contributed by atoms with E-state index in [1.54, 1.807) is 6.92 Å². The summed E-state index contributed by atoms with van der Waals surface area (Å²) in [5.41, 5.74) is 0. The lowest BCUT2D eigenvalue weighted by atomic mass is 10.1. The molecule has 0 aromatic rings. The highest BCUT2D eigenvalue weighted by molar-refractivity contribution is 5.80. The zero-order valence-electron chi connectivity index (χ0n) is 10.8. The molecule has 0 aliphatic heterocycles. The van der Waals surface area contributed by atoms with Crippen LogP contribution in [0.4, 0.5) is 4.79 Å². The van der Waals surface area contributed by atoms with Crippen molar-refractivity contribution in [3.8, 4) is 0 Å². The van der Waals surface area contributed by atoms with Gasteiger partial charge in [-0.25, -0.2) is 4.79 Å². The summed E-state index contributed by atoms with van der Waals surface area (Å²) in [6.07, 6.45) is 3.93. The number of urea groups is 1. The fraction of sp³-hybridized carbons (Fsp3) is 0.833. The number of nitrogens with zero attached hydrogens (tertiary/aromatic N) is 1. The van der Waals surface area contributed by atoms with E-state index in [9.17, 15) is 14.7 Å². The Labute approximate surface area is 107 Å². The van der Waals surface area contributed by atoms with E-state index in [-0.39, 0.29) is 12.6 Å². The zero-order chi connectivity index (χ0) is 13.5. The molecule has 0 spiro atoms. The quantitative estimate of drug-likeness (QED) is 0.650. The van der Waals surface area contributed by atoms with Crippen LogP contribution in [0.1, 0.15) is 39.0 Å². The van der Waals surface area contributed by atoms with Crippen LogP contribution in [-0.4, -0.2) is 52.3 Å². The maximum atomic E-state index is 11.9. The number of hydrogen-bond acceptors (Lipinski definition) is 3. The van der Waals surface area contributed by atoms with Crippen LogP contribution in [0.25, 0.3) is 0 Å². The lowest BCUT2D eigenvalue weighted by molar-refractivity contribution is -0.137. The van der Waals surface area contributed by atoms with Crippen molar-refractivity contribution in [2.24, 2.45) is 0 Å². The molecule has 1 fully saturated rings. The summed E-state index contributed by atoms with van der Waals surface area (Å²) in [5.74, 6) is -1.03. The smallest absolute Gasteiger partial charge is 0.323 e. The van der Waals surface area contributed by atoms with Gasteiger partial charge >= 0.3 is 12.0 Å². The first-order valence-electron chi connectivity index (χ1n) is 6.50. The largest absolute Gasteiger partial charge is 0.480 e. The van der Waals surface area contributed by atoms with Crippen molar-refractivity contribution >= 4 is 12.0 Å². The minimum Gasteiger partial charge on any atom is -0.480 e. The molecule has 1 aliphatic rings. The van der Waals surface area contributed by atoms with Gasteiger partial charge in [0, 0.05) is 6.54 Å². The second kappa shape index (κ2) is 7.20. The number of carboxylic acid groups (broad SMARTS) is 1. The molecule has 0 aromatic carbocycles. The van der Waals surface area contributed by atoms with Gasteiger partial charge in [-0.05, 0) is 19.8 Å². The molecule has 2 atom stereocenters. The van der Waals surface area contributed by atoms with E-state index >= 15 is 0 Å². The van der Waals surface area contributed by atoms with Gasteiger partial charge in [0.2, 0.25) is 0 Å². The molecule has 2 unspecified atom stereocenters. The van der Waals surface area contributed by atoms with Crippen LogP contribution in [0.2, 0.25) is 0 Å². The third-order valence-electron chi connectivity index (χ3n) is 3.28. The Morgan fingerprint density at radius 2 is 1.94 bits per heavy atom. The predicted octanol–water partition coefficient (Wildman–Crippen LogP) is 0.796. The molecule has 6 nitrogen and oxygen atoms in total. The number of likely N-dealkylation sites (N-methyl/N-ethyl adjacent to an activating group) is 1. The van der Waals surface area contributed by atoms with Gasteiger partial charge in [0.15, 0.2) is 0 Å². The third kappa shape index (κ3) is 4.52. The minimum atomic E-state index is -1.03. The average Bonchev–Trinajstić information content (AvgIpc) is 2.51. The molecule has 6 heteroatoms. The van der Waals surface area contributed by atoms with Gasteiger partial charge in [-0.2, -0.15) is 0 Å². The Morgan fingerprint density at radius 3 is 2.56 bits per heavy atom. The molecule has 0 bridgehead atoms. The van der Waals surface area contributed by atoms with Crippen molar-refractivity contribution in [2.45, 2.75) is 51.2 Å². The first kappa shape index (κ1) is 14.8. The van der Waals surface area contributed by atoms with Crippen molar-refractivity contribution in [2.75, 3.05) is 13.1 Å². The van der Waals surface area contributed by atoms with Crippen LogP contribution in [0.5, 0.6) is 0 Å². The molecule has 18 heavy (non-hydrogen) atoms. The molecule has 0 heterocycles. The number of carboxylic acids is 1. The zero-order valence-corrected chi connectivity index (χ0v) is 10.8. The molecule has 0 aromatic heterocycles. The van der Waals surface area contributed by atoms with Gasteiger partial charge in [0.1, 0.15) is 6.54 Å². The van der Waals surface area contributed by atoms with E-state index in [4.69, 9.17) is 5.11 Å². The summed E-state index contributed by atoms with van der Waals surface area (Å²) in [6.45, 7) is 1.75. The lowest BCUT2D eigenvalue weighted by Gasteiger charge is -2.26. The van der Waals surface area contributed by atoms with E-state index in [2.05, 4.69) is 5.32 Å². The van der Waals surface area contributed by atoms with Gasteiger partial charge in [-0.1, -0.05) is 19.3 Å². The number of aliphatic hydroxyl groups is 1. The number of carbonyl (C=O) groups is 2. The van der Waals surface area contributed by atoms with Crippen molar-refractivity contribution in [1.82, 2.24) is 10.2 Å². The van der Waals surface area contributed by atoms with Crippen LogP contribution in [-0.2, 0) is 4.79 Å². The fourth-order valence-corrected chi connectivity index (χ4v) is 2.20. The summed E-state index contributed by atoms with van der Waals surface area (Å²) in [6, 6.07) is -0.673. The van der Waals surface area contributed by atoms with Crippen molar-refractivity contribution in [1.29, 1.82) is 0 Å². The Morgan fingerprint density at radius 1 is 1.28 bits per heavy atom. The van der Waals surface area contributed by atoms with E-state index in [1.165, 1.54) is 4.90 Å². The summed E-state index contributed by atoms with van der Waals surface area (Å²) in [4.78, 5) is 23.7. The molecule has 0 radical (unpaired) electrons. The van der Waals surface area contributed by atoms with Crippen LogP contribution < -0.4 is 5.32 Å². The number of nitrogens with one attached hydrogen (secondary N) is 1. The van der Waals surface area contributed by atoms with Gasteiger partial charge in [-0.15, -0.1) is 0 Å². The first-order chi connectivity index (χ1) is 8.54. The molecule has 1 rings (SSSR count). The minimum absolute atomic E-state index is 0.261. The fourth-order valence-electron chi connectivity index (χ4n) is 2.20. The topological polar surface area (TPSA) is 89.9 Å². The van der Waals surface area contributed by atoms with Crippen LogP contribution in [0.3, 0.4) is 0 Å². The lowest BCUT2D eigenvalue weighted by Crippen LogP contribution is -2.50. The normalized spacial score (nSPS) is 24.1. The Hall–Kier alpha value is -1.30. The Bertz CT molecular complexity index is 296. The number of carbonyl (C=O) groups excluding carboxylic acids is 1. The average molecular weight is 258 g/mol. The monoisotopic (exact) mass is 258 g/mol. The second-order valence-corrected chi connectivity index (χ2v) is 4.67. The highest BCUT2D eigenvalue weighted by Gasteiger charge is 2.25. The predicted molar refractivity (Wildman–Crippen MR) is 66.3 cm³/mol. The van der Waals surface area contributed by atoms with E-state index in [0.29, 0.717) is 13.0 Å². The number of aliphatic hydroxyl groups excluding tert-OH is 1. The summed E-state index contributed by atoms with van der Waals surface area (Å²) >= 11 is 0. The summed E-state index contributed by atoms with van der Waals surface area (Å²) in [7, 11) is 0. The molecular weight excluding hydrogens is 236 g/mol. The van der Waals surface area contributed by atoms with Gasteiger partial charge in [0.05, 0.1) is 12.1 Å². The van der Waals surface area contributed by atoms with Crippen molar-refractivity contribution < 1.29 is 19.8 Å². The highest BCUT2D eigenvalue weighted by Crippen LogP contribution is 2.18. The molecule has 1 aliphatic carbocycles. The first-order valence-corrected chi connectivity index (χ1v) is 6.50. The molecule has 2 amide bonds. The molecule has 1 saturated carbocycles. The standard InChI is InChI=1S/C12H22N2O4/c1-2-14(8-11(16)17)12(18)13-9-6-4-3-5-7-10(9)15/h9-10,15H,2-8H2,1H3,(H,13,18)(H,16,17). The van der Waals surface area contributed by atoms with Crippen LogP contribution in [0, 0.1) is 0 Å². The number of hydrogen-bond donors (Lipinski definition) is 3. The SMILES string of the molecule is CCN(CC(=O)O)C(=O)NC1CCCCCC1O. The van der Waals surface area contributed by atoms with Crippen LogP contribution >= 0.6 is 0 Å². The van der Waals surface area contributed by atoms with Crippen molar-refractivity contribution in [3.05, 3.63) is 0 Å². The van der Waals surface area contributed by atoms with Gasteiger partial charge < -0.3 is 20.4 Å². The van der Waals surface area contributed by atoms with Crippen LogP contribution in [0.15, 0.2) is 0 Å². The molecule has 0 saturated heterocycles. The highest BCUT2D eigenvalue weighted by atomic mass is 16.4. The third-order valence-corrected chi connectivity index (χ3v) is 3.28. The maximum Gasteiger partial charge on any atom is 0.323 e. The van der Waals surface area contributed by atoms with E-state index in [1.807, 2.05) is 0 Å².